The van der Waals surface area contributed by atoms with Crippen LogP contribution in [0.5, 0.6) is 0 Å². The molecule has 6 heteroatoms. The van der Waals surface area contributed by atoms with Gasteiger partial charge in [0.25, 0.3) is 0 Å². The first kappa shape index (κ1) is 15.7. The van der Waals surface area contributed by atoms with Crippen molar-refractivity contribution in [3.8, 4) is 17.5 Å². The zero-order valence-corrected chi connectivity index (χ0v) is 14.1. The minimum Gasteiger partial charge on any atom is -0.441 e. The summed E-state index contributed by atoms with van der Waals surface area (Å²) in [6.45, 7) is 1.84. The fraction of sp³-hybridized carbons (Fsp3) is 0.176. The molecule has 0 aliphatic heterocycles. The van der Waals surface area contributed by atoms with E-state index in [4.69, 9.17) is 9.68 Å². The number of aromatic nitrogens is 1. The third-order valence-electron chi connectivity index (χ3n) is 3.37. The maximum atomic E-state index is 12.4. The van der Waals surface area contributed by atoms with Crippen LogP contribution in [0.15, 0.2) is 45.5 Å². The second-order valence-electron chi connectivity index (χ2n) is 5.07. The fourth-order valence-electron chi connectivity index (χ4n) is 2.14. The zero-order valence-electron chi connectivity index (χ0n) is 12.5. The van der Waals surface area contributed by atoms with Crippen molar-refractivity contribution in [1.82, 2.24) is 4.98 Å². The maximum absolute atomic E-state index is 12.4. The number of nitrogens with zero attached hydrogens (tertiary/aromatic N) is 2. The van der Waals surface area contributed by atoms with E-state index in [0.717, 1.165) is 16.8 Å². The fourth-order valence-corrected chi connectivity index (χ4v) is 4.01. The van der Waals surface area contributed by atoms with Gasteiger partial charge < -0.3 is 4.42 Å². The number of thiophene rings is 1. The van der Waals surface area contributed by atoms with Crippen LogP contribution in [0.25, 0.3) is 11.5 Å². The first-order valence-corrected chi connectivity index (χ1v) is 9.41. The standard InChI is InChI=1S/C17H14N2O2S2/c1-12-16(19-17(21-12)15-6-7-22-9-15)11-23(20)10-14-4-2-13(8-18)3-5-14/h2-7,9H,10-11H2,1H3/t23-/m1/s1. The number of hydrogen-bond donors (Lipinski definition) is 0. The van der Waals surface area contributed by atoms with Crippen molar-refractivity contribution in [2.45, 2.75) is 18.4 Å². The van der Waals surface area contributed by atoms with Crippen LogP contribution in [0.4, 0.5) is 0 Å². The van der Waals surface area contributed by atoms with Crippen molar-refractivity contribution in [3.63, 3.8) is 0 Å². The Bertz CT molecular complexity index is 859. The maximum Gasteiger partial charge on any atom is 0.227 e. The van der Waals surface area contributed by atoms with Gasteiger partial charge in [-0.25, -0.2) is 4.98 Å². The van der Waals surface area contributed by atoms with Crippen LogP contribution < -0.4 is 0 Å². The highest BCUT2D eigenvalue weighted by molar-refractivity contribution is 7.83. The van der Waals surface area contributed by atoms with E-state index < -0.39 is 10.8 Å². The first-order valence-electron chi connectivity index (χ1n) is 6.98. The highest BCUT2D eigenvalue weighted by Gasteiger charge is 2.14. The Kier molecular flexibility index (Phi) is 4.70. The summed E-state index contributed by atoms with van der Waals surface area (Å²) in [6, 6.07) is 11.2. The molecule has 2 heterocycles. The molecule has 0 radical (unpaired) electrons. The number of nitriles is 1. The van der Waals surface area contributed by atoms with Gasteiger partial charge in [0, 0.05) is 27.5 Å². The quantitative estimate of drug-likeness (QED) is 0.702. The molecule has 0 aliphatic carbocycles. The molecule has 0 amide bonds. The molecule has 0 unspecified atom stereocenters. The summed E-state index contributed by atoms with van der Waals surface area (Å²) in [6.07, 6.45) is 0. The Labute approximate surface area is 140 Å². The Morgan fingerprint density at radius 3 is 2.70 bits per heavy atom. The molecule has 2 aromatic heterocycles. The summed E-state index contributed by atoms with van der Waals surface area (Å²) in [5, 5.41) is 12.7. The third-order valence-corrected chi connectivity index (χ3v) is 5.30. The van der Waals surface area contributed by atoms with E-state index in [1.807, 2.05) is 35.9 Å². The molecule has 23 heavy (non-hydrogen) atoms. The smallest absolute Gasteiger partial charge is 0.227 e. The summed E-state index contributed by atoms with van der Waals surface area (Å²) in [7, 11) is -1.08. The Morgan fingerprint density at radius 1 is 1.26 bits per heavy atom. The van der Waals surface area contributed by atoms with Crippen LogP contribution >= 0.6 is 11.3 Å². The Hall–Kier alpha value is -2.23. The molecule has 1 atom stereocenters. The van der Waals surface area contributed by atoms with Crippen LogP contribution in [-0.2, 0) is 22.3 Å². The lowest BCUT2D eigenvalue weighted by atomic mass is 10.2. The number of rotatable bonds is 5. The highest BCUT2D eigenvalue weighted by Crippen LogP contribution is 2.24. The molecular weight excluding hydrogens is 328 g/mol. The van der Waals surface area contributed by atoms with Crippen molar-refractivity contribution < 1.29 is 8.63 Å². The van der Waals surface area contributed by atoms with Crippen molar-refractivity contribution in [2.75, 3.05) is 0 Å². The predicted molar refractivity (Wildman–Crippen MR) is 91.3 cm³/mol. The van der Waals surface area contributed by atoms with Crippen LogP contribution in [-0.4, -0.2) is 9.19 Å². The normalized spacial score (nSPS) is 12.0. The third kappa shape index (κ3) is 3.76. The largest absolute Gasteiger partial charge is 0.441 e. The molecule has 0 saturated carbocycles. The van der Waals surface area contributed by atoms with Gasteiger partial charge >= 0.3 is 0 Å². The van der Waals surface area contributed by atoms with E-state index in [2.05, 4.69) is 11.1 Å². The van der Waals surface area contributed by atoms with E-state index in [9.17, 15) is 4.21 Å². The van der Waals surface area contributed by atoms with E-state index in [-0.39, 0.29) is 0 Å². The molecule has 0 bridgehead atoms. The zero-order chi connectivity index (χ0) is 16.2. The molecule has 0 fully saturated rings. The molecule has 0 saturated heterocycles. The van der Waals surface area contributed by atoms with Crippen molar-refractivity contribution in [1.29, 1.82) is 5.26 Å². The molecule has 3 rings (SSSR count). The van der Waals surface area contributed by atoms with E-state index >= 15 is 0 Å². The van der Waals surface area contributed by atoms with Gasteiger partial charge in [-0.15, -0.1) is 0 Å². The summed E-state index contributed by atoms with van der Waals surface area (Å²) in [5.41, 5.74) is 3.23. The lowest BCUT2D eigenvalue weighted by Gasteiger charge is -2.01. The first-order chi connectivity index (χ1) is 11.2. The topological polar surface area (TPSA) is 66.9 Å². The van der Waals surface area contributed by atoms with Gasteiger partial charge in [-0.05, 0) is 36.1 Å². The van der Waals surface area contributed by atoms with E-state index in [1.165, 1.54) is 0 Å². The van der Waals surface area contributed by atoms with Gasteiger partial charge in [-0.2, -0.15) is 16.6 Å². The summed E-state index contributed by atoms with van der Waals surface area (Å²) >= 11 is 1.59. The van der Waals surface area contributed by atoms with E-state index in [0.29, 0.717) is 28.7 Å². The molecule has 0 aliphatic rings. The molecule has 0 N–H and O–H groups in total. The Balaban J connectivity index is 1.69. The van der Waals surface area contributed by atoms with Crippen LogP contribution in [0.3, 0.4) is 0 Å². The predicted octanol–water partition coefficient (Wildman–Crippen LogP) is 4.03. The highest BCUT2D eigenvalue weighted by atomic mass is 32.2. The lowest BCUT2D eigenvalue weighted by Crippen LogP contribution is -2.01. The molecule has 1 aromatic carbocycles. The monoisotopic (exact) mass is 342 g/mol. The SMILES string of the molecule is Cc1oc(-c2ccsc2)nc1C[S@](=O)Cc1ccc(C#N)cc1. The van der Waals surface area contributed by atoms with Crippen LogP contribution in [0.1, 0.15) is 22.6 Å². The number of aryl methyl sites for hydroxylation is 1. The Morgan fingerprint density at radius 2 is 2.04 bits per heavy atom. The second kappa shape index (κ2) is 6.90. The molecular formula is C17H14N2O2S2. The van der Waals surface area contributed by atoms with Crippen LogP contribution in [0, 0.1) is 18.3 Å². The van der Waals surface area contributed by atoms with Crippen molar-refractivity contribution in [2.24, 2.45) is 0 Å². The molecule has 0 spiro atoms. The summed E-state index contributed by atoms with van der Waals surface area (Å²) in [4.78, 5) is 4.47. The van der Waals surface area contributed by atoms with Gasteiger partial charge in [0.15, 0.2) is 0 Å². The van der Waals surface area contributed by atoms with Gasteiger partial charge in [-0.1, -0.05) is 12.1 Å². The van der Waals surface area contributed by atoms with Gasteiger partial charge in [0.05, 0.1) is 23.1 Å². The van der Waals surface area contributed by atoms with E-state index in [1.54, 1.807) is 23.5 Å². The van der Waals surface area contributed by atoms with Gasteiger partial charge in [-0.3, -0.25) is 4.21 Å². The summed E-state index contributed by atoms with van der Waals surface area (Å²) in [5.74, 6) is 2.08. The molecule has 4 nitrogen and oxygen atoms in total. The minimum atomic E-state index is -1.08. The second-order valence-corrected chi connectivity index (χ2v) is 7.31. The lowest BCUT2D eigenvalue weighted by molar-refractivity contribution is 0.540. The average Bonchev–Trinajstić information content (AvgIpc) is 3.18. The molecule has 3 aromatic rings. The summed E-state index contributed by atoms with van der Waals surface area (Å²) < 4.78 is 18.0. The number of oxazole rings is 1. The number of hydrogen-bond acceptors (Lipinski definition) is 5. The number of benzene rings is 1. The average molecular weight is 342 g/mol. The molecule has 116 valence electrons. The van der Waals surface area contributed by atoms with Crippen LogP contribution in [0.2, 0.25) is 0 Å². The van der Waals surface area contributed by atoms with Gasteiger partial charge in [0.1, 0.15) is 5.76 Å². The van der Waals surface area contributed by atoms with Crippen molar-refractivity contribution in [3.05, 3.63) is 63.7 Å². The van der Waals surface area contributed by atoms with Gasteiger partial charge in [0.2, 0.25) is 5.89 Å². The minimum absolute atomic E-state index is 0.361. The van der Waals surface area contributed by atoms with Crippen molar-refractivity contribution >= 4 is 22.1 Å².